The molecule has 198 valence electrons. The van der Waals surface area contributed by atoms with Gasteiger partial charge in [0, 0.05) is 42.5 Å². The molecular weight excluding hydrogens is 492 g/mol. The van der Waals surface area contributed by atoms with Crippen molar-refractivity contribution in [2.75, 3.05) is 43.1 Å². The molecule has 9 nitrogen and oxygen atoms in total. The fourth-order valence-corrected chi connectivity index (χ4v) is 4.83. The molecule has 4 heterocycles. The van der Waals surface area contributed by atoms with Gasteiger partial charge in [-0.2, -0.15) is 4.98 Å². The Labute approximate surface area is 227 Å². The molecule has 1 amide bonds. The number of amides is 1. The van der Waals surface area contributed by atoms with Gasteiger partial charge in [0.05, 0.1) is 25.5 Å². The third kappa shape index (κ3) is 5.83. The van der Waals surface area contributed by atoms with Crippen LogP contribution in [0.5, 0.6) is 5.88 Å². The number of pyridine rings is 1. The molecule has 2 aliphatic rings. The van der Waals surface area contributed by atoms with E-state index in [2.05, 4.69) is 15.2 Å². The number of rotatable bonds is 8. The Morgan fingerprint density at radius 1 is 0.897 bits per heavy atom. The second-order valence-electron chi connectivity index (χ2n) is 9.56. The summed E-state index contributed by atoms with van der Waals surface area (Å²) < 4.78 is 11.4. The molecule has 4 aromatic rings. The van der Waals surface area contributed by atoms with E-state index in [9.17, 15) is 4.79 Å². The quantitative estimate of drug-likeness (QED) is 0.344. The van der Waals surface area contributed by atoms with Crippen molar-refractivity contribution in [2.45, 2.75) is 19.6 Å². The summed E-state index contributed by atoms with van der Waals surface area (Å²) in [5, 5.41) is 3.35. The highest BCUT2D eigenvalue weighted by molar-refractivity contribution is 5.66. The lowest BCUT2D eigenvalue weighted by molar-refractivity contribution is -0.119. The van der Waals surface area contributed by atoms with E-state index in [0.717, 1.165) is 59.8 Å². The van der Waals surface area contributed by atoms with E-state index in [1.54, 1.807) is 4.90 Å². The van der Waals surface area contributed by atoms with Crippen molar-refractivity contribution in [3.63, 3.8) is 0 Å². The number of hydrogen-bond donors (Lipinski definition) is 1. The largest absolute Gasteiger partial charge is 0.473 e. The van der Waals surface area contributed by atoms with Crippen LogP contribution in [0.15, 0.2) is 72.8 Å². The second-order valence-corrected chi connectivity index (χ2v) is 9.56. The second kappa shape index (κ2) is 11.5. The minimum Gasteiger partial charge on any atom is -0.473 e. The van der Waals surface area contributed by atoms with Crippen molar-refractivity contribution >= 4 is 23.7 Å². The number of carbonyl (C=O) groups is 1. The molecule has 0 bridgehead atoms. The highest BCUT2D eigenvalue weighted by atomic mass is 16.5. The number of anilines is 3. The van der Waals surface area contributed by atoms with Crippen LogP contribution in [0.2, 0.25) is 0 Å². The first-order valence-electron chi connectivity index (χ1n) is 13.2. The molecule has 1 N–H and O–H groups in total. The van der Waals surface area contributed by atoms with Gasteiger partial charge < -0.3 is 24.6 Å². The van der Waals surface area contributed by atoms with Gasteiger partial charge >= 0.3 is 0 Å². The van der Waals surface area contributed by atoms with Gasteiger partial charge in [0.15, 0.2) is 5.82 Å². The van der Waals surface area contributed by atoms with Crippen LogP contribution in [-0.4, -0.2) is 59.1 Å². The minimum absolute atomic E-state index is 0.462. The van der Waals surface area contributed by atoms with E-state index in [4.69, 9.17) is 19.4 Å². The zero-order valence-electron chi connectivity index (χ0n) is 21.6. The predicted octanol–water partition coefficient (Wildman–Crippen LogP) is 4.21. The van der Waals surface area contributed by atoms with Crippen molar-refractivity contribution in [1.29, 1.82) is 0 Å². The number of ether oxygens (including phenoxy) is 2. The van der Waals surface area contributed by atoms with Crippen molar-refractivity contribution < 1.29 is 14.3 Å². The van der Waals surface area contributed by atoms with Crippen LogP contribution in [0.1, 0.15) is 16.8 Å². The van der Waals surface area contributed by atoms with E-state index in [-0.39, 0.29) is 0 Å². The fourth-order valence-electron chi connectivity index (χ4n) is 4.83. The van der Waals surface area contributed by atoms with Crippen molar-refractivity contribution in [3.05, 3.63) is 89.6 Å². The molecule has 0 aliphatic carbocycles. The number of hydrogen-bond acceptors (Lipinski definition) is 8. The first-order chi connectivity index (χ1) is 19.2. The normalized spacial score (nSPS) is 15.0. The maximum atomic E-state index is 11.5. The highest BCUT2D eigenvalue weighted by Gasteiger charge is 2.25. The standard InChI is InChI=1S/C30H30N6O3/c37-21-35-14-13-25-26(19-35)32-29(34-30(25)36-15-17-38-18-16-36)23-9-11-24(12-10-23)31-27-7-4-8-28(33-27)39-20-22-5-2-1-3-6-22/h1-12,21H,13-20H2,(H,31,33). The molecule has 1 saturated heterocycles. The van der Waals surface area contributed by atoms with Crippen molar-refractivity contribution in [1.82, 2.24) is 19.9 Å². The first-order valence-corrected chi connectivity index (χ1v) is 13.2. The first kappa shape index (κ1) is 24.8. The van der Waals surface area contributed by atoms with Gasteiger partial charge in [-0.15, -0.1) is 0 Å². The van der Waals surface area contributed by atoms with Crippen LogP contribution in [0.25, 0.3) is 11.4 Å². The van der Waals surface area contributed by atoms with Gasteiger partial charge in [-0.1, -0.05) is 36.4 Å². The van der Waals surface area contributed by atoms with Gasteiger partial charge in [-0.3, -0.25) is 4.79 Å². The third-order valence-electron chi connectivity index (χ3n) is 6.90. The van der Waals surface area contributed by atoms with Gasteiger partial charge in [0.25, 0.3) is 0 Å². The summed E-state index contributed by atoms with van der Waals surface area (Å²) >= 11 is 0. The van der Waals surface area contributed by atoms with E-state index >= 15 is 0 Å². The summed E-state index contributed by atoms with van der Waals surface area (Å²) in [5.74, 6) is 2.87. The number of fused-ring (bicyclic) bond motifs is 1. The molecule has 2 aliphatic heterocycles. The minimum atomic E-state index is 0.462. The summed E-state index contributed by atoms with van der Waals surface area (Å²) in [4.78, 5) is 30.0. The number of benzene rings is 2. The zero-order valence-corrected chi connectivity index (χ0v) is 21.6. The van der Waals surface area contributed by atoms with Gasteiger partial charge in [0.2, 0.25) is 12.3 Å². The summed E-state index contributed by atoms with van der Waals surface area (Å²) in [6, 6.07) is 23.7. The number of nitrogens with zero attached hydrogens (tertiary/aromatic N) is 5. The fraction of sp³-hybridized carbons (Fsp3) is 0.267. The van der Waals surface area contributed by atoms with Crippen LogP contribution in [0, 0.1) is 0 Å². The molecule has 0 unspecified atom stereocenters. The van der Waals surface area contributed by atoms with E-state index in [1.165, 1.54) is 0 Å². The average molecular weight is 523 g/mol. The molecule has 2 aromatic heterocycles. The zero-order chi connectivity index (χ0) is 26.4. The molecule has 0 saturated carbocycles. The molecule has 0 atom stereocenters. The SMILES string of the molecule is O=CN1CCc2c(nc(-c3ccc(Nc4cccc(OCc5ccccc5)n4)cc3)nc2N2CCOCC2)C1. The lowest BCUT2D eigenvalue weighted by Crippen LogP contribution is -2.39. The highest BCUT2D eigenvalue weighted by Crippen LogP contribution is 2.30. The molecule has 6 rings (SSSR count). The van der Waals surface area contributed by atoms with Gasteiger partial charge in [0.1, 0.15) is 18.2 Å². The average Bonchev–Trinajstić information content (AvgIpc) is 3.00. The van der Waals surface area contributed by atoms with Crippen LogP contribution < -0.4 is 15.0 Å². The lowest BCUT2D eigenvalue weighted by atomic mass is 10.0. The van der Waals surface area contributed by atoms with Crippen LogP contribution in [0.4, 0.5) is 17.3 Å². The molecule has 2 aromatic carbocycles. The molecule has 1 fully saturated rings. The smallest absolute Gasteiger partial charge is 0.215 e. The Hall–Kier alpha value is -4.50. The number of aromatic nitrogens is 3. The molecule has 0 spiro atoms. The van der Waals surface area contributed by atoms with Crippen LogP contribution >= 0.6 is 0 Å². The van der Waals surface area contributed by atoms with Crippen LogP contribution in [0.3, 0.4) is 0 Å². The monoisotopic (exact) mass is 522 g/mol. The Balaban J connectivity index is 1.20. The Bertz CT molecular complexity index is 1420. The maximum absolute atomic E-state index is 11.5. The van der Waals surface area contributed by atoms with Gasteiger partial charge in [-0.05, 0) is 42.3 Å². The van der Waals surface area contributed by atoms with Crippen LogP contribution in [-0.2, 0) is 29.1 Å². The number of carbonyl (C=O) groups excluding carboxylic acids is 1. The number of morpholine rings is 1. The molecular formula is C30H30N6O3. The molecule has 9 heteroatoms. The summed E-state index contributed by atoms with van der Waals surface area (Å²) in [5.41, 5.74) is 4.95. The van der Waals surface area contributed by atoms with Gasteiger partial charge in [-0.25, -0.2) is 9.97 Å². The maximum Gasteiger partial charge on any atom is 0.215 e. The predicted molar refractivity (Wildman–Crippen MR) is 149 cm³/mol. The topological polar surface area (TPSA) is 92.7 Å². The Morgan fingerprint density at radius 2 is 1.72 bits per heavy atom. The molecule has 39 heavy (non-hydrogen) atoms. The molecule has 0 radical (unpaired) electrons. The summed E-state index contributed by atoms with van der Waals surface area (Å²) in [6.07, 6.45) is 1.65. The van der Waals surface area contributed by atoms with Crippen molar-refractivity contribution in [3.8, 4) is 17.3 Å². The summed E-state index contributed by atoms with van der Waals surface area (Å²) in [7, 11) is 0. The lowest BCUT2D eigenvalue weighted by Gasteiger charge is -2.33. The van der Waals surface area contributed by atoms with E-state index in [0.29, 0.717) is 50.4 Å². The van der Waals surface area contributed by atoms with E-state index < -0.39 is 0 Å². The Morgan fingerprint density at radius 3 is 2.51 bits per heavy atom. The third-order valence-corrected chi connectivity index (χ3v) is 6.90. The van der Waals surface area contributed by atoms with E-state index in [1.807, 2.05) is 72.8 Å². The van der Waals surface area contributed by atoms with Crippen molar-refractivity contribution in [2.24, 2.45) is 0 Å². The Kier molecular flexibility index (Phi) is 7.31. The number of nitrogens with one attached hydrogen (secondary N) is 1. The summed E-state index contributed by atoms with van der Waals surface area (Å²) in [6.45, 7) is 4.60.